The molecule has 0 amide bonds. The maximum atomic E-state index is 13.3. The van der Waals surface area contributed by atoms with Crippen molar-refractivity contribution in [3.05, 3.63) is 93.0 Å². The van der Waals surface area contributed by atoms with Crippen LogP contribution in [-0.2, 0) is 22.5 Å². The Labute approximate surface area is 243 Å². The van der Waals surface area contributed by atoms with E-state index < -0.39 is 18.7 Å². The quantitative estimate of drug-likeness (QED) is 0.112. The summed E-state index contributed by atoms with van der Waals surface area (Å²) >= 11 is 12.6. The molecule has 0 saturated heterocycles. The number of ether oxygens (including phenoxy) is 3. The first-order valence-electron chi connectivity index (χ1n) is 12.7. The monoisotopic (exact) mass is 601 g/mol. The van der Waals surface area contributed by atoms with Gasteiger partial charge in [0, 0.05) is 29.1 Å². The highest BCUT2D eigenvalue weighted by molar-refractivity contribution is 6.35. The predicted octanol–water partition coefficient (Wildman–Crippen LogP) is 6.37. The fourth-order valence-corrected chi connectivity index (χ4v) is 5.06. The number of para-hydroxylation sites is 1. The van der Waals surface area contributed by atoms with Crippen LogP contribution >= 0.6 is 23.2 Å². The number of halogens is 4. The minimum absolute atomic E-state index is 0.0305. The number of aromatic nitrogens is 2. The molecule has 0 unspecified atom stereocenters. The zero-order chi connectivity index (χ0) is 29.1. The molecule has 212 valence electrons. The van der Waals surface area contributed by atoms with E-state index in [4.69, 9.17) is 32.7 Å². The number of hydrogen-bond donors (Lipinski definition) is 0. The van der Waals surface area contributed by atoms with Crippen molar-refractivity contribution in [1.29, 1.82) is 5.26 Å². The van der Waals surface area contributed by atoms with E-state index in [0.29, 0.717) is 44.8 Å². The normalized spacial score (nSPS) is 13.7. The molecule has 5 rings (SSSR count). The molecule has 1 atom stereocenters. The SMILES string of the molecule is N#Cc1cn(CC(=O)O[C@@H](Cc2c(Cl)c[n+]([O-])cc2Cl)c2ccc(OC(F)F)c(OCC3CC3)c2)c2ccccc12. The minimum Gasteiger partial charge on any atom is -0.619 e. The van der Waals surface area contributed by atoms with Crippen molar-refractivity contribution in [2.75, 3.05) is 6.61 Å². The molecule has 0 radical (unpaired) electrons. The second-order valence-corrected chi connectivity index (χ2v) is 10.4. The third-order valence-electron chi connectivity index (χ3n) is 6.66. The van der Waals surface area contributed by atoms with E-state index in [1.54, 1.807) is 35.0 Å². The molecule has 1 aliphatic rings. The smallest absolute Gasteiger partial charge is 0.387 e. The van der Waals surface area contributed by atoms with E-state index in [1.807, 2.05) is 0 Å². The van der Waals surface area contributed by atoms with E-state index in [2.05, 4.69) is 10.8 Å². The van der Waals surface area contributed by atoms with Gasteiger partial charge in [0.25, 0.3) is 0 Å². The van der Waals surface area contributed by atoms with Gasteiger partial charge in [-0.3, -0.25) is 4.79 Å². The van der Waals surface area contributed by atoms with Gasteiger partial charge < -0.3 is 24.0 Å². The van der Waals surface area contributed by atoms with Crippen LogP contribution in [-0.4, -0.2) is 23.8 Å². The lowest BCUT2D eigenvalue weighted by molar-refractivity contribution is -0.605. The average molecular weight is 602 g/mol. The zero-order valence-corrected chi connectivity index (χ0v) is 22.9. The van der Waals surface area contributed by atoms with Crippen molar-refractivity contribution >= 4 is 40.1 Å². The van der Waals surface area contributed by atoms with Crippen molar-refractivity contribution in [2.24, 2.45) is 5.92 Å². The molecule has 0 bridgehead atoms. The largest absolute Gasteiger partial charge is 0.619 e. The van der Waals surface area contributed by atoms with Crippen LogP contribution in [0.25, 0.3) is 10.9 Å². The van der Waals surface area contributed by atoms with Gasteiger partial charge in [-0.25, -0.2) is 0 Å². The molecule has 12 heteroatoms. The summed E-state index contributed by atoms with van der Waals surface area (Å²) in [4.78, 5) is 13.3. The van der Waals surface area contributed by atoms with Crippen LogP contribution in [0, 0.1) is 22.5 Å². The Bertz CT molecular complexity index is 1610. The molecule has 1 saturated carbocycles. The van der Waals surface area contributed by atoms with Gasteiger partial charge in [0.2, 0.25) is 0 Å². The number of carbonyl (C=O) groups is 1. The lowest BCUT2D eigenvalue weighted by Crippen LogP contribution is -2.26. The van der Waals surface area contributed by atoms with Gasteiger partial charge in [-0.05, 0) is 42.5 Å². The molecule has 1 fully saturated rings. The van der Waals surface area contributed by atoms with E-state index in [0.717, 1.165) is 25.2 Å². The number of nitriles is 1. The minimum atomic E-state index is -3.06. The third-order valence-corrected chi connectivity index (χ3v) is 7.31. The summed E-state index contributed by atoms with van der Waals surface area (Å²) in [6, 6.07) is 13.6. The molecule has 0 N–H and O–H groups in total. The van der Waals surface area contributed by atoms with Crippen LogP contribution in [0.4, 0.5) is 8.78 Å². The van der Waals surface area contributed by atoms with Crippen molar-refractivity contribution in [3.8, 4) is 17.6 Å². The first-order valence-corrected chi connectivity index (χ1v) is 13.4. The number of rotatable bonds is 11. The van der Waals surface area contributed by atoms with Crippen LogP contribution in [0.5, 0.6) is 11.5 Å². The Hall–Kier alpha value is -4.07. The van der Waals surface area contributed by atoms with Crippen molar-refractivity contribution in [2.45, 2.75) is 38.5 Å². The fraction of sp³-hybridized carbons (Fsp3) is 0.276. The summed E-state index contributed by atoms with van der Waals surface area (Å²) in [6.45, 7) is -2.95. The molecule has 8 nitrogen and oxygen atoms in total. The average Bonchev–Trinajstić information content (AvgIpc) is 3.70. The zero-order valence-electron chi connectivity index (χ0n) is 21.4. The Kier molecular flexibility index (Phi) is 8.47. The van der Waals surface area contributed by atoms with Crippen LogP contribution in [0.3, 0.4) is 0 Å². The third kappa shape index (κ3) is 6.81. The molecule has 41 heavy (non-hydrogen) atoms. The van der Waals surface area contributed by atoms with Crippen LogP contribution < -0.4 is 14.2 Å². The highest BCUT2D eigenvalue weighted by Gasteiger charge is 2.26. The second kappa shape index (κ2) is 12.2. The summed E-state index contributed by atoms with van der Waals surface area (Å²) in [7, 11) is 0. The number of nitrogens with zero attached hydrogens (tertiary/aromatic N) is 3. The fourth-order valence-electron chi connectivity index (χ4n) is 4.46. The van der Waals surface area contributed by atoms with Crippen LogP contribution in [0.1, 0.15) is 35.6 Å². The van der Waals surface area contributed by atoms with Gasteiger partial charge >= 0.3 is 12.6 Å². The highest BCUT2D eigenvalue weighted by Crippen LogP contribution is 2.38. The Morgan fingerprint density at radius 1 is 1.15 bits per heavy atom. The van der Waals surface area contributed by atoms with Crippen molar-refractivity contribution in [1.82, 2.24) is 4.57 Å². The molecular formula is C29H23Cl2F2N3O5. The molecule has 0 spiro atoms. The maximum absolute atomic E-state index is 13.3. The lowest BCUT2D eigenvalue weighted by atomic mass is 10.0. The molecule has 2 aromatic carbocycles. The van der Waals surface area contributed by atoms with Gasteiger partial charge in [-0.2, -0.15) is 18.8 Å². The summed E-state index contributed by atoms with van der Waals surface area (Å²) < 4.78 is 44.6. The number of fused-ring (bicyclic) bond motifs is 1. The topological polar surface area (TPSA) is 100 Å². The van der Waals surface area contributed by atoms with Gasteiger partial charge in [0.1, 0.15) is 28.8 Å². The highest BCUT2D eigenvalue weighted by atomic mass is 35.5. The second-order valence-electron chi connectivity index (χ2n) is 9.61. The summed E-state index contributed by atoms with van der Waals surface area (Å²) in [6.07, 6.45) is 4.76. The molecule has 4 aromatic rings. The summed E-state index contributed by atoms with van der Waals surface area (Å²) in [5.41, 5.74) is 1.85. The van der Waals surface area contributed by atoms with E-state index >= 15 is 0 Å². The van der Waals surface area contributed by atoms with Crippen LogP contribution in [0.2, 0.25) is 10.0 Å². The first-order chi connectivity index (χ1) is 19.7. The first kappa shape index (κ1) is 28.5. The van der Waals surface area contributed by atoms with E-state index in [1.165, 1.54) is 18.2 Å². The predicted molar refractivity (Wildman–Crippen MR) is 146 cm³/mol. The summed E-state index contributed by atoms with van der Waals surface area (Å²) in [5, 5.41) is 22.1. The summed E-state index contributed by atoms with van der Waals surface area (Å²) in [5.74, 6) is -0.383. The van der Waals surface area contributed by atoms with E-state index in [9.17, 15) is 24.0 Å². The molecule has 0 aliphatic heterocycles. The van der Waals surface area contributed by atoms with Crippen molar-refractivity contribution < 1.29 is 32.5 Å². The number of alkyl halides is 2. The number of carbonyl (C=O) groups excluding carboxylic acids is 1. The Morgan fingerprint density at radius 3 is 2.56 bits per heavy atom. The number of pyridine rings is 1. The van der Waals surface area contributed by atoms with E-state index in [-0.39, 0.29) is 34.5 Å². The number of benzene rings is 2. The van der Waals surface area contributed by atoms with Gasteiger partial charge in [0.05, 0.1) is 12.2 Å². The Balaban J connectivity index is 1.47. The van der Waals surface area contributed by atoms with Crippen molar-refractivity contribution in [3.63, 3.8) is 0 Å². The molecule has 1 aliphatic carbocycles. The maximum Gasteiger partial charge on any atom is 0.387 e. The molecule has 2 aromatic heterocycles. The van der Waals surface area contributed by atoms with Crippen LogP contribution in [0.15, 0.2) is 61.1 Å². The van der Waals surface area contributed by atoms with Gasteiger partial charge in [-0.1, -0.05) is 47.5 Å². The number of hydrogen-bond acceptors (Lipinski definition) is 6. The van der Waals surface area contributed by atoms with Gasteiger partial charge in [0.15, 0.2) is 23.9 Å². The number of esters is 1. The molecule has 2 heterocycles. The van der Waals surface area contributed by atoms with Gasteiger partial charge in [-0.15, -0.1) is 0 Å². The standard InChI is InChI=1S/C29H23Cl2F2N3O5/c30-22-13-36(38)14-23(31)21(22)10-26(18-7-8-25(41-29(32)33)27(9-18)39-16-17-5-6-17)40-28(37)15-35-12-19(11-34)20-3-1-2-4-24(20)35/h1-4,7-9,12-14,17,26,29H,5-6,10,15-16H2/t26-/m0/s1. The lowest BCUT2D eigenvalue weighted by Gasteiger charge is -2.21. The Morgan fingerprint density at radius 2 is 1.88 bits per heavy atom. The molecular weight excluding hydrogens is 579 g/mol.